The van der Waals surface area contributed by atoms with Gasteiger partial charge in [-0.2, -0.15) is 0 Å². The first-order valence-electron chi connectivity index (χ1n) is 3.59. The maximum Gasteiger partial charge on any atom is 0.142 e. The van der Waals surface area contributed by atoms with Gasteiger partial charge in [0.25, 0.3) is 0 Å². The van der Waals surface area contributed by atoms with Crippen LogP contribution in [0.3, 0.4) is 0 Å². The molecule has 0 aliphatic rings. The van der Waals surface area contributed by atoms with Crippen LogP contribution < -0.4 is 5.73 Å². The minimum absolute atomic E-state index is 0.0586. The second kappa shape index (κ2) is 3.85. The molecule has 0 saturated heterocycles. The quantitative estimate of drug-likeness (QED) is 0.581. The molecule has 1 rings (SSSR count). The van der Waals surface area contributed by atoms with Gasteiger partial charge in [-0.05, 0) is 12.1 Å². The Morgan fingerprint density at radius 1 is 1.38 bits per heavy atom. The Labute approximate surface area is 79.8 Å². The number of halogens is 3. The zero-order valence-electron chi connectivity index (χ0n) is 6.73. The van der Waals surface area contributed by atoms with E-state index >= 15 is 0 Å². The van der Waals surface area contributed by atoms with Crippen molar-refractivity contribution in [3.05, 3.63) is 47.0 Å². The van der Waals surface area contributed by atoms with Gasteiger partial charge in [0.05, 0.1) is 11.1 Å². The molecule has 4 heteroatoms. The minimum Gasteiger partial charge on any atom is -0.321 e. The molecule has 0 bridgehead atoms. The van der Waals surface area contributed by atoms with Crippen LogP contribution in [0.5, 0.6) is 0 Å². The van der Waals surface area contributed by atoms with Gasteiger partial charge in [-0.3, -0.25) is 0 Å². The maximum absolute atomic E-state index is 13.1. The molecule has 2 N–H and O–H groups in total. The smallest absolute Gasteiger partial charge is 0.142 e. The van der Waals surface area contributed by atoms with E-state index in [1.165, 1.54) is 6.08 Å². The molecule has 0 aliphatic heterocycles. The highest BCUT2D eigenvalue weighted by molar-refractivity contribution is 6.31. The lowest BCUT2D eigenvalue weighted by molar-refractivity contribution is 0.579. The summed E-state index contributed by atoms with van der Waals surface area (Å²) in [5.74, 6) is -1.31. The monoisotopic (exact) mass is 203 g/mol. The number of benzene rings is 1. The van der Waals surface area contributed by atoms with Crippen molar-refractivity contribution < 1.29 is 8.78 Å². The molecule has 1 aromatic carbocycles. The molecule has 0 amide bonds. The SMILES string of the molecule is C=C[C@H](N)c1c(F)ccc(F)c1Cl. The molecule has 0 fully saturated rings. The normalized spacial score (nSPS) is 12.6. The summed E-state index contributed by atoms with van der Waals surface area (Å²) in [6.07, 6.45) is 1.30. The molecule has 13 heavy (non-hydrogen) atoms. The Balaban J connectivity index is 3.32. The van der Waals surface area contributed by atoms with Gasteiger partial charge in [-0.15, -0.1) is 6.58 Å². The third kappa shape index (κ3) is 1.87. The van der Waals surface area contributed by atoms with Crippen molar-refractivity contribution in [2.75, 3.05) is 0 Å². The molecule has 0 saturated carbocycles. The Morgan fingerprint density at radius 3 is 2.46 bits per heavy atom. The third-order valence-corrected chi connectivity index (χ3v) is 2.05. The van der Waals surface area contributed by atoms with Crippen molar-refractivity contribution in [2.45, 2.75) is 6.04 Å². The van der Waals surface area contributed by atoms with E-state index in [-0.39, 0.29) is 10.6 Å². The lowest BCUT2D eigenvalue weighted by Gasteiger charge is -2.10. The molecule has 1 atom stereocenters. The molecule has 0 aliphatic carbocycles. The van der Waals surface area contributed by atoms with Gasteiger partial charge in [0.1, 0.15) is 11.6 Å². The van der Waals surface area contributed by atoms with Crippen molar-refractivity contribution >= 4 is 11.6 Å². The van der Waals surface area contributed by atoms with Crippen molar-refractivity contribution in [2.24, 2.45) is 5.73 Å². The fraction of sp³-hybridized carbons (Fsp3) is 0.111. The summed E-state index contributed by atoms with van der Waals surface area (Å²) in [5.41, 5.74) is 5.40. The van der Waals surface area contributed by atoms with Crippen LogP contribution in [0.2, 0.25) is 5.02 Å². The summed E-state index contributed by atoms with van der Waals surface area (Å²) in [7, 11) is 0. The maximum atomic E-state index is 13.1. The van der Waals surface area contributed by atoms with E-state index < -0.39 is 17.7 Å². The van der Waals surface area contributed by atoms with Gasteiger partial charge < -0.3 is 5.73 Å². The summed E-state index contributed by atoms with van der Waals surface area (Å²) in [5, 5.41) is -0.285. The van der Waals surface area contributed by atoms with Crippen molar-refractivity contribution in [3.63, 3.8) is 0 Å². The van der Waals surface area contributed by atoms with E-state index in [1.807, 2.05) is 0 Å². The zero-order valence-corrected chi connectivity index (χ0v) is 7.48. The topological polar surface area (TPSA) is 26.0 Å². The van der Waals surface area contributed by atoms with Gasteiger partial charge in [-0.1, -0.05) is 17.7 Å². The molecule has 0 heterocycles. The summed E-state index contributed by atoms with van der Waals surface area (Å²) in [6.45, 7) is 3.38. The van der Waals surface area contributed by atoms with Crippen LogP contribution >= 0.6 is 11.6 Å². The summed E-state index contributed by atoms with van der Waals surface area (Å²) >= 11 is 5.53. The fourth-order valence-corrected chi connectivity index (χ4v) is 1.25. The van der Waals surface area contributed by atoms with E-state index in [1.54, 1.807) is 0 Å². The summed E-state index contributed by atoms with van der Waals surface area (Å²) in [4.78, 5) is 0. The standard InChI is InChI=1S/C9H8ClF2N/c1-2-7(13)8-5(11)3-4-6(12)9(8)10/h2-4,7H,1,13H2/t7-/m0/s1. The summed E-state index contributed by atoms with van der Waals surface area (Å²) < 4.78 is 26.0. The van der Waals surface area contributed by atoms with Gasteiger partial charge in [-0.25, -0.2) is 8.78 Å². The fourth-order valence-electron chi connectivity index (χ4n) is 0.966. The molecule has 1 nitrogen and oxygen atoms in total. The molecule has 0 aromatic heterocycles. The largest absolute Gasteiger partial charge is 0.321 e. The van der Waals surface area contributed by atoms with Gasteiger partial charge in [0, 0.05) is 5.56 Å². The number of hydrogen-bond acceptors (Lipinski definition) is 1. The van der Waals surface area contributed by atoms with Crippen LogP contribution in [0, 0.1) is 11.6 Å². The molecular weight excluding hydrogens is 196 g/mol. The first-order chi connectivity index (χ1) is 6.07. The average Bonchev–Trinajstić information content (AvgIpc) is 2.12. The summed E-state index contributed by atoms with van der Waals surface area (Å²) in [6, 6.07) is 1.15. The first kappa shape index (κ1) is 10.2. The van der Waals surface area contributed by atoms with Crippen LogP contribution in [0.4, 0.5) is 8.78 Å². The number of nitrogens with two attached hydrogens (primary N) is 1. The Bertz CT molecular complexity index is 339. The van der Waals surface area contributed by atoms with E-state index in [0.29, 0.717) is 0 Å². The molecule has 1 aromatic rings. The van der Waals surface area contributed by atoms with Gasteiger partial charge >= 0.3 is 0 Å². The average molecular weight is 204 g/mol. The molecule has 0 unspecified atom stereocenters. The molecule has 70 valence electrons. The Hall–Kier alpha value is -0.930. The van der Waals surface area contributed by atoms with Crippen LogP contribution in [0.25, 0.3) is 0 Å². The molecular formula is C9H8ClF2N. The van der Waals surface area contributed by atoms with E-state index in [9.17, 15) is 8.78 Å². The predicted octanol–water partition coefficient (Wildman–Crippen LogP) is 2.80. The van der Waals surface area contributed by atoms with Crippen LogP contribution in [0.1, 0.15) is 11.6 Å². The van der Waals surface area contributed by atoms with E-state index in [2.05, 4.69) is 6.58 Å². The van der Waals surface area contributed by atoms with Crippen molar-refractivity contribution in [3.8, 4) is 0 Å². The lowest BCUT2D eigenvalue weighted by atomic mass is 10.1. The van der Waals surface area contributed by atoms with E-state index in [4.69, 9.17) is 17.3 Å². The van der Waals surface area contributed by atoms with E-state index in [0.717, 1.165) is 12.1 Å². The molecule has 0 spiro atoms. The van der Waals surface area contributed by atoms with Crippen LogP contribution in [0.15, 0.2) is 24.8 Å². The van der Waals surface area contributed by atoms with Gasteiger partial charge in [0.2, 0.25) is 0 Å². The number of hydrogen-bond donors (Lipinski definition) is 1. The first-order valence-corrected chi connectivity index (χ1v) is 3.97. The minimum atomic E-state index is -0.789. The predicted molar refractivity (Wildman–Crippen MR) is 48.5 cm³/mol. The zero-order chi connectivity index (χ0) is 10.0. The van der Waals surface area contributed by atoms with Gasteiger partial charge in [0.15, 0.2) is 0 Å². The highest BCUT2D eigenvalue weighted by atomic mass is 35.5. The second-order valence-electron chi connectivity index (χ2n) is 2.52. The highest BCUT2D eigenvalue weighted by Gasteiger charge is 2.15. The number of rotatable bonds is 2. The lowest BCUT2D eigenvalue weighted by Crippen LogP contribution is -2.10. The highest BCUT2D eigenvalue weighted by Crippen LogP contribution is 2.27. The Kier molecular flexibility index (Phi) is 3.01. The van der Waals surface area contributed by atoms with Crippen LogP contribution in [-0.2, 0) is 0 Å². The second-order valence-corrected chi connectivity index (χ2v) is 2.90. The van der Waals surface area contributed by atoms with Crippen molar-refractivity contribution in [1.29, 1.82) is 0 Å². The van der Waals surface area contributed by atoms with Crippen molar-refractivity contribution in [1.82, 2.24) is 0 Å². The van der Waals surface area contributed by atoms with Crippen LogP contribution in [-0.4, -0.2) is 0 Å². The Morgan fingerprint density at radius 2 is 1.92 bits per heavy atom. The molecule has 0 radical (unpaired) electrons. The third-order valence-electron chi connectivity index (χ3n) is 1.67.